The Balaban J connectivity index is 1.58. The van der Waals surface area contributed by atoms with Gasteiger partial charge in [-0.3, -0.25) is 10.1 Å². The molecule has 0 fully saturated rings. The molecule has 0 atom stereocenters. The number of ether oxygens (including phenoxy) is 3. The molecule has 1 aliphatic rings. The Morgan fingerprint density at radius 3 is 2.59 bits per heavy atom. The molecule has 0 aromatic heterocycles. The lowest BCUT2D eigenvalue weighted by Gasteiger charge is -2.14. The van der Waals surface area contributed by atoms with Crippen LogP contribution in [0.3, 0.4) is 0 Å². The number of benzene rings is 3. The smallest absolute Gasteiger partial charge is 0.363 e. The predicted octanol–water partition coefficient (Wildman–Crippen LogP) is 5.94. The Labute approximate surface area is 207 Å². The number of rotatable bonds is 7. The van der Waals surface area contributed by atoms with Gasteiger partial charge in [0, 0.05) is 27.7 Å². The van der Waals surface area contributed by atoms with Crippen LogP contribution < -0.4 is 9.47 Å². The van der Waals surface area contributed by atoms with Crippen LogP contribution in [0.2, 0.25) is 5.02 Å². The van der Waals surface area contributed by atoms with Gasteiger partial charge in [0.25, 0.3) is 5.69 Å². The van der Waals surface area contributed by atoms with E-state index in [0.29, 0.717) is 27.6 Å². The summed E-state index contributed by atoms with van der Waals surface area (Å²) >= 11 is 9.94. The summed E-state index contributed by atoms with van der Waals surface area (Å²) in [6, 6.07) is 16.5. The normalized spacial score (nSPS) is 14.0. The number of carbonyl (C=O) groups excluding carboxylic acids is 1. The van der Waals surface area contributed by atoms with Gasteiger partial charge >= 0.3 is 5.97 Å². The van der Waals surface area contributed by atoms with Crippen LogP contribution >= 0.6 is 27.5 Å². The molecule has 3 aromatic rings. The third-order valence-corrected chi connectivity index (χ3v) is 5.88. The van der Waals surface area contributed by atoms with Crippen molar-refractivity contribution in [2.24, 2.45) is 4.99 Å². The molecule has 0 amide bonds. The molecule has 4 rings (SSSR count). The van der Waals surface area contributed by atoms with Crippen molar-refractivity contribution in [1.29, 1.82) is 0 Å². The number of non-ortho nitro benzene ring substituents is 1. The molecule has 10 heteroatoms. The lowest BCUT2D eigenvalue weighted by atomic mass is 10.1. The van der Waals surface area contributed by atoms with E-state index in [-0.39, 0.29) is 23.9 Å². The fraction of sp³-hybridized carbons (Fsp3) is 0.0833. The maximum Gasteiger partial charge on any atom is 0.363 e. The number of nitrogens with zero attached hydrogens (tertiary/aromatic N) is 2. The molecular weight excluding hydrogens is 528 g/mol. The number of methoxy groups -OCH3 is 1. The van der Waals surface area contributed by atoms with Crippen LogP contribution in [0.1, 0.15) is 16.7 Å². The van der Waals surface area contributed by atoms with Crippen molar-refractivity contribution in [3.05, 3.63) is 103 Å². The highest BCUT2D eigenvalue weighted by molar-refractivity contribution is 9.10. The maximum absolute atomic E-state index is 12.3. The SMILES string of the molecule is COc1cc(/C=C2\N=C(c3ccc([N+](=O)[O-])cc3)OC2=O)cc(Cl)c1OCc1ccccc1Br. The van der Waals surface area contributed by atoms with E-state index in [1.165, 1.54) is 37.5 Å². The third-order valence-electron chi connectivity index (χ3n) is 4.83. The van der Waals surface area contributed by atoms with Gasteiger partial charge in [0.15, 0.2) is 17.2 Å². The second-order valence-electron chi connectivity index (χ2n) is 7.05. The van der Waals surface area contributed by atoms with E-state index < -0.39 is 10.9 Å². The second kappa shape index (κ2) is 10.1. The average molecular weight is 544 g/mol. The van der Waals surface area contributed by atoms with Gasteiger partial charge in [-0.25, -0.2) is 9.79 Å². The first kappa shape index (κ1) is 23.5. The third kappa shape index (κ3) is 5.11. The number of hydrogen-bond acceptors (Lipinski definition) is 7. The molecule has 172 valence electrons. The molecule has 3 aromatic carbocycles. The zero-order valence-corrected chi connectivity index (χ0v) is 20.0. The Morgan fingerprint density at radius 2 is 1.91 bits per heavy atom. The fourth-order valence-corrected chi connectivity index (χ4v) is 3.82. The van der Waals surface area contributed by atoms with Gasteiger partial charge < -0.3 is 14.2 Å². The van der Waals surface area contributed by atoms with Crippen molar-refractivity contribution >= 4 is 51.2 Å². The molecule has 0 bridgehead atoms. The quantitative estimate of drug-likeness (QED) is 0.158. The van der Waals surface area contributed by atoms with Crippen LogP contribution in [0.4, 0.5) is 5.69 Å². The highest BCUT2D eigenvalue weighted by Gasteiger charge is 2.25. The minimum Gasteiger partial charge on any atom is -0.493 e. The number of esters is 1. The Kier molecular flexibility index (Phi) is 6.95. The number of cyclic esters (lactones) is 1. The molecule has 8 nitrogen and oxygen atoms in total. The average Bonchev–Trinajstić information content (AvgIpc) is 3.19. The van der Waals surface area contributed by atoms with E-state index in [0.717, 1.165) is 10.0 Å². The first-order chi connectivity index (χ1) is 16.4. The number of nitro benzene ring substituents is 1. The Hall–Kier alpha value is -3.69. The monoisotopic (exact) mass is 542 g/mol. The first-order valence-electron chi connectivity index (χ1n) is 9.87. The van der Waals surface area contributed by atoms with Crippen LogP contribution in [-0.4, -0.2) is 23.9 Å². The van der Waals surface area contributed by atoms with Crippen LogP contribution in [0.15, 0.2) is 75.8 Å². The fourth-order valence-electron chi connectivity index (χ4n) is 3.14. The van der Waals surface area contributed by atoms with Crippen molar-refractivity contribution in [3.63, 3.8) is 0 Å². The highest BCUT2D eigenvalue weighted by Crippen LogP contribution is 2.38. The van der Waals surface area contributed by atoms with E-state index in [1.54, 1.807) is 12.1 Å². The van der Waals surface area contributed by atoms with E-state index in [2.05, 4.69) is 20.9 Å². The molecule has 34 heavy (non-hydrogen) atoms. The summed E-state index contributed by atoms with van der Waals surface area (Å²) < 4.78 is 17.5. The summed E-state index contributed by atoms with van der Waals surface area (Å²) in [6.07, 6.45) is 1.51. The maximum atomic E-state index is 12.3. The zero-order chi connectivity index (χ0) is 24.2. The van der Waals surface area contributed by atoms with Gasteiger partial charge in [0.2, 0.25) is 5.90 Å². The van der Waals surface area contributed by atoms with Crippen molar-refractivity contribution < 1.29 is 23.9 Å². The zero-order valence-electron chi connectivity index (χ0n) is 17.7. The number of carbonyl (C=O) groups is 1. The minimum atomic E-state index is -0.655. The molecule has 1 heterocycles. The summed E-state index contributed by atoms with van der Waals surface area (Å²) in [6.45, 7) is 0.271. The largest absolute Gasteiger partial charge is 0.493 e. The topological polar surface area (TPSA) is 100 Å². The molecule has 0 saturated carbocycles. The van der Waals surface area contributed by atoms with Crippen molar-refractivity contribution in [2.45, 2.75) is 6.61 Å². The number of nitro groups is 1. The summed E-state index contributed by atoms with van der Waals surface area (Å²) in [5.74, 6) is 0.152. The Bertz CT molecular complexity index is 1340. The number of halogens is 2. The summed E-state index contributed by atoms with van der Waals surface area (Å²) in [5.41, 5.74) is 1.90. The van der Waals surface area contributed by atoms with Crippen molar-refractivity contribution in [3.8, 4) is 11.5 Å². The van der Waals surface area contributed by atoms with E-state index in [9.17, 15) is 14.9 Å². The molecule has 0 radical (unpaired) electrons. The van der Waals surface area contributed by atoms with Gasteiger partial charge in [-0.15, -0.1) is 0 Å². The minimum absolute atomic E-state index is 0.0494. The highest BCUT2D eigenvalue weighted by atomic mass is 79.9. The Morgan fingerprint density at radius 1 is 1.18 bits per heavy atom. The van der Waals surface area contributed by atoms with E-state index >= 15 is 0 Å². The number of aliphatic imine (C=N–C) groups is 1. The molecular formula is C24H16BrClN2O6. The standard InChI is InChI=1S/C24H16BrClN2O6/c1-32-21-12-14(10-19(26)22(21)33-13-16-4-2-3-5-18(16)25)11-20-24(29)34-23(27-20)15-6-8-17(9-7-15)28(30)31/h2-12H,13H2,1H3/b20-11-. The van der Waals surface area contributed by atoms with Gasteiger partial charge in [-0.05, 0) is 42.0 Å². The van der Waals surface area contributed by atoms with Crippen LogP contribution in [-0.2, 0) is 16.1 Å². The summed E-state index contributed by atoms with van der Waals surface area (Å²) in [5, 5.41) is 11.1. The molecule has 0 unspecified atom stereocenters. The van der Waals surface area contributed by atoms with Gasteiger partial charge in [-0.1, -0.05) is 45.7 Å². The van der Waals surface area contributed by atoms with Gasteiger partial charge in [-0.2, -0.15) is 0 Å². The second-order valence-corrected chi connectivity index (χ2v) is 8.32. The lowest BCUT2D eigenvalue weighted by molar-refractivity contribution is -0.384. The van der Waals surface area contributed by atoms with Crippen molar-refractivity contribution in [2.75, 3.05) is 7.11 Å². The lowest BCUT2D eigenvalue weighted by Crippen LogP contribution is -2.05. The molecule has 0 spiro atoms. The predicted molar refractivity (Wildman–Crippen MR) is 130 cm³/mol. The van der Waals surface area contributed by atoms with Gasteiger partial charge in [0.05, 0.1) is 17.1 Å². The van der Waals surface area contributed by atoms with E-state index in [1.807, 2.05) is 24.3 Å². The summed E-state index contributed by atoms with van der Waals surface area (Å²) in [4.78, 5) is 26.9. The molecule has 0 aliphatic carbocycles. The first-order valence-corrected chi connectivity index (χ1v) is 11.0. The van der Waals surface area contributed by atoms with Crippen LogP contribution in [0, 0.1) is 10.1 Å². The molecule has 1 aliphatic heterocycles. The van der Waals surface area contributed by atoms with Crippen LogP contribution in [0.5, 0.6) is 11.5 Å². The summed E-state index contributed by atoms with van der Waals surface area (Å²) in [7, 11) is 1.49. The number of hydrogen-bond donors (Lipinski definition) is 0. The van der Waals surface area contributed by atoms with Crippen molar-refractivity contribution in [1.82, 2.24) is 0 Å². The molecule has 0 N–H and O–H groups in total. The van der Waals surface area contributed by atoms with Gasteiger partial charge in [0.1, 0.15) is 6.61 Å². The van der Waals surface area contributed by atoms with Crippen LogP contribution in [0.25, 0.3) is 6.08 Å². The van der Waals surface area contributed by atoms with E-state index in [4.69, 9.17) is 25.8 Å². The molecule has 0 saturated heterocycles.